The van der Waals surface area contributed by atoms with E-state index in [0.717, 1.165) is 22.3 Å². The van der Waals surface area contributed by atoms with E-state index in [0.29, 0.717) is 22.1 Å². The lowest BCUT2D eigenvalue weighted by molar-refractivity contribution is -0.136. The number of hydrogen-bond donors (Lipinski definition) is 4. The lowest BCUT2D eigenvalue weighted by Gasteiger charge is -2.18. The van der Waals surface area contributed by atoms with E-state index in [9.17, 15) is 28.8 Å². The molecule has 0 fully saturated rings. The van der Waals surface area contributed by atoms with Gasteiger partial charge in [-0.3, -0.25) is 28.8 Å². The Bertz CT molecular complexity index is 1240. The largest absolute Gasteiger partial charge is 0.363 e. The van der Waals surface area contributed by atoms with Crippen LogP contribution < -0.4 is 27.2 Å². The molecule has 5 N–H and O–H groups in total. The number of carbonyl (C=O) groups excluding carboxylic acids is 5. The van der Waals surface area contributed by atoms with Gasteiger partial charge >= 0.3 is 0 Å². The number of nitrogens with one attached hydrogen (secondary N) is 3. The number of amides is 4. The van der Waals surface area contributed by atoms with E-state index in [-0.39, 0.29) is 29.4 Å². The third-order valence-electron chi connectivity index (χ3n) is 5.17. The van der Waals surface area contributed by atoms with Crippen LogP contribution in [-0.4, -0.2) is 51.5 Å². The Labute approximate surface area is 225 Å². The van der Waals surface area contributed by atoms with Gasteiger partial charge in [-0.05, 0) is 53.7 Å². The summed E-state index contributed by atoms with van der Waals surface area (Å²) in [5.74, 6) is -3.42. The van der Waals surface area contributed by atoms with E-state index < -0.39 is 41.5 Å². The minimum absolute atomic E-state index is 0.125. The number of nitrogens with zero attached hydrogens (tertiary/aromatic N) is 2. The lowest BCUT2D eigenvalue weighted by Crippen LogP contribution is -2.45. The second-order valence-corrected chi connectivity index (χ2v) is 10.9. The molecule has 0 aliphatic rings. The number of carbonyl (C=O) groups is 5. The van der Waals surface area contributed by atoms with Gasteiger partial charge in [-0.15, -0.1) is 11.3 Å². The SMILES string of the molecule is Cc1nc(Br)sc1C(=O)N[C@@H](CCC(=O)C(N)=O)C(=O)Nc1cccn(CC(=O)NCCC(C)C)c1=O. The van der Waals surface area contributed by atoms with Crippen molar-refractivity contribution in [2.75, 3.05) is 11.9 Å². The number of nitrogens with two attached hydrogens (primary N) is 1. The van der Waals surface area contributed by atoms with Crippen molar-refractivity contribution in [1.29, 1.82) is 0 Å². The number of Topliss-reactive ketones (excluding diaryl/α,β-unsaturated/α-hetero) is 1. The summed E-state index contributed by atoms with van der Waals surface area (Å²) in [6.07, 6.45) is 1.57. The van der Waals surface area contributed by atoms with Crippen LogP contribution in [0.4, 0.5) is 5.69 Å². The highest BCUT2D eigenvalue weighted by molar-refractivity contribution is 9.11. The first-order chi connectivity index (χ1) is 17.4. The van der Waals surface area contributed by atoms with Gasteiger partial charge in [-0.1, -0.05) is 13.8 Å². The number of ketones is 1. The average molecular weight is 597 g/mol. The van der Waals surface area contributed by atoms with Gasteiger partial charge in [0, 0.05) is 19.2 Å². The number of pyridine rings is 1. The van der Waals surface area contributed by atoms with Crippen LogP contribution in [0.25, 0.3) is 0 Å². The summed E-state index contributed by atoms with van der Waals surface area (Å²) in [6, 6.07) is 1.56. The first-order valence-electron chi connectivity index (χ1n) is 11.4. The number of halogens is 1. The summed E-state index contributed by atoms with van der Waals surface area (Å²) in [5, 5.41) is 7.70. The molecule has 0 unspecified atom stereocenters. The van der Waals surface area contributed by atoms with Gasteiger partial charge in [-0.25, -0.2) is 4.98 Å². The Morgan fingerprint density at radius 3 is 2.49 bits per heavy atom. The van der Waals surface area contributed by atoms with Crippen LogP contribution in [0.3, 0.4) is 0 Å². The molecule has 0 saturated heterocycles. The molecule has 0 saturated carbocycles. The van der Waals surface area contributed by atoms with E-state index in [1.165, 1.54) is 18.3 Å². The minimum Gasteiger partial charge on any atom is -0.363 e. The first kappa shape index (κ1) is 29.8. The molecule has 200 valence electrons. The number of hydrogen-bond acceptors (Lipinski definition) is 8. The zero-order chi connectivity index (χ0) is 27.7. The molecule has 0 aromatic carbocycles. The van der Waals surface area contributed by atoms with E-state index in [4.69, 9.17) is 5.73 Å². The molecular weight excluding hydrogens is 568 g/mol. The molecule has 0 aliphatic carbocycles. The minimum atomic E-state index is -1.27. The molecular formula is C23H29BrN6O6S. The van der Waals surface area contributed by atoms with Crippen molar-refractivity contribution in [1.82, 2.24) is 20.2 Å². The summed E-state index contributed by atoms with van der Waals surface area (Å²) >= 11 is 4.25. The maximum absolute atomic E-state index is 13.0. The van der Waals surface area contributed by atoms with E-state index in [1.807, 2.05) is 13.8 Å². The zero-order valence-electron chi connectivity index (χ0n) is 20.6. The Hall–Kier alpha value is -3.39. The number of aryl methyl sites for hydroxylation is 1. The molecule has 14 heteroatoms. The van der Waals surface area contributed by atoms with Crippen molar-refractivity contribution in [3.8, 4) is 0 Å². The van der Waals surface area contributed by atoms with Crippen LogP contribution >= 0.6 is 27.3 Å². The number of rotatable bonds is 13. The van der Waals surface area contributed by atoms with Crippen molar-refractivity contribution < 1.29 is 24.0 Å². The smallest absolute Gasteiger partial charge is 0.284 e. The van der Waals surface area contributed by atoms with Crippen LogP contribution in [0, 0.1) is 12.8 Å². The van der Waals surface area contributed by atoms with Crippen molar-refractivity contribution in [3.63, 3.8) is 0 Å². The summed E-state index contributed by atoms with van der Waals surface area (Å²) < 4.78 is 1.61. The van der Waals surface area contributed by atoms with Gasteiger partial charge in [0.2, 0.25) is 17.6 Å². The first-order valence-corrected chi connectivity index (χ1v) is 13.0. The highest BCUT2D eigenvalue weighted by Gasteiger charge is 2.26. The average Bonchev–Trinajstić information content (AvgIpc) is 3.16. The maximum Gasteiger partial charge on any atom is 0.284 e. The number of primary amides is 1. The Morgan fingerprint density at radius 1 is 1.19 bits per heavy atom. The molecule has 37 heavy (non-hydrogen) atoms. The molecule has 2 aromatic rings. The Morgan fingerprint density at radius 2 is 1.89 bits per heavy atom. The highest BCUT2D eigenvalue weighted by Crippen LogP contribution is 2.22. The Balaban J connectivity index is 2.17. The molecule has 0 radical (unpaired) electrons. The molecule has 2 rings (SSSR count). The topological polar surface area (TPSA) is 182 Å². The molecule has 12 nitrogen and oxygen atoms in total. The van der Waals surface area contributed by atoms with Crippen LogP contribution in [0.15, 0.2) is 27.0 Å². The maximum atomic E-state index is 13.0. The fourth-order valence-corrected chi connectivity index (χ4v) is 4.60. The van der Waals surface area contributed by atoms with Gasteiger partial charge in [0.05, 0.1) is 5.69 Å². The third kappa shape index (κ3) is 9.21. The number of anilines is 1. The van der Waals surface area contributed by atoms with Crippen molar-refractivity contribution in [2.45, 2.75) is 52.6 Å². The summed E-state index contributed by atoms with van der Waals surface area (Å²) in [6.45, 7) is 5.91. The van der Waals surface area contributed by atoms with E-state index in [1.54, 1.807) is 6.92 Å². The summed E-state index contributed by atoms with van der Waals surface area (Å²) in [7, 11) is 0. The fourth-order valence-electron chi connectivity index (χ4n) is 3.15. The van der Waals surface area contributed by atoms with Gasteiger partial charge in [0.25, 0.3) is 17.4 Å². The molecule has 0 aliphatic heterocycles. The van der Waals surface area contributed by atoms with Gasteiger partial charge in [0.15, 0.2) is 3.92 Å². The monoisotopic (exact) mass is 596 g/mol. The Kier molecular flexibility index (Phi) is 11.1. The molecule has 1 atom stereocenters. The highest BCUT2D eigenvalue weighted by atomic mass is 79.9. The summed E-state index contributed by atoms with van der Waals surface area (Å²) in [4.78, 5) is 78.1. The predicted molar refractivity (Wildman–Crippen MR) is 141 cm³/mol. The normalized spacial score (nSPS) is 11.6. The standard InChI is InChI=1S/C23H29BrN6O6S/c1-12(2)8-9-26-17(32)11-30-10-4-5-15(22(30)36)29-20(34)14(6-7-16(31)19(25)33)28-21(35)18-13(3)27-23(24)37-18/h4-5,10,12,14H,6-9,11H2,1-3H3,(H2,25,33)(H,26,32)(H,28,35)(H,29,34)/t14-/m0/s1. The molecule has 2 aromatic heterocycles. The third-order valence-corrected chi connectivity index (χ3v) is 6.78. The van der Waals surface area contributed by atoms with Crippen molar-refractivity contribution in [2.24, 2.45) is 11.7 Å². The van der Waals surface area contributed by atoms with Crippen LogP contribution in [0.5, 0.6) is 0 Å². The van der Waals surface area contributed by atoms with Gasteiger partial charge in [0.1, 0.15) is 23.2 Å². The van der Waals surface area contributed by atoms with E-state index in [2.05, 4.69) is 36.9 Å². The van der Waals surface area contributed by atoms with Crippen molar-refractivity contribution >= 4 is 62.4 Å². The van der Waals surface area contributed by atoms with Crippen LogP contribution in [-0.2, 0) is 25.7 Å². The molecule has 2 heterocycles. The molecule has 4 amide bonds. The zero-order valence-corrected chi connectivity index (χ0v) is 23.0. The van der Waals surface area contributed by atoms with Crippen LogP contribution in [0.2, 0.25) is 0 Å². The second kappa shape index (κ2) is 13.8. The molecule has 0 spiro atoms. The lowest BCUT2D eigenvalue weighted by atomic mass is 10.1. The van der Waals surface area contributed by atoms with Crippen molar-refractivity contribution in [3.05, 3.63) is 43.2 Å². The second-order valence-electron chi connectivity index (χ2n) is 8.61. The van der Waals surface area contributed by atoms with Crippen LogP contribution in [0.1, 0.15) is 48.5 Å². The number of aromatic nitrogens is 2. The van der Waals surface area contributed by atoms with E-state index >= 15 is 0 Å². The molecule has 0 bridgehead atoms. The quantitative estimate of drug-likeness (QED) is 0.249. The summed E-state index contributed by atoms with van der Waals surface area (Å²) in [5.41, 5.74) is 4.67. The fraction of sp³-hybridized carbons (Fsp3) is 0.435. The van der Waals surface area contributed by atoms with Gasteiger partial charge in [-0.2, -0.15) is 0 Å². The predicted octanol–water partition coefficient (Wildman–Crippen LogP) is 1.11. The number of thiazole rings is 1. The van der Waals surface area contributed by atoms with Gasteiger partial charge < -0.3 is 26.3 Å².